The zero-order valence-corrected chi connectivity index (χ0v) is 5.86. The minimum Gasteiger partial charge on any atom is -0.394 e. The smallest absolute Gasteiger partial charge is 0.167 e. The largest absolute Gasteiger partial charge is 0.394 e. The van der Waals surface area contributed by atoms with Gasteiger partial charge in [-0.2, -0.15) is 0 Å². The summed E-state index contributed by atoms with van der Waals surface area (Å²) in [6.07, 6.45) is 0.0766. The van der Waals surface area contributed by atoms with E-state index >= 15 is 0 Å². The highest BCUT2D eigenvalue weighted by atomic mass is 16.5. The van der Waals surface area contributed by atoms with Gasteiger partial charge in [-0.3, -0.25) is 9.69 Å². The predicted molar refractivity (Wildman–Crippen MR) is 34.4 cm³/mol. The fourth-order valence-corrected chi connectivity index (χ4v) is 1.01. The maximum Gasteiger partial charge on any atom is 0.167 e. The fourth-order valence-electron chi connectivity index (χ4n) is 1.01. The number of aldehydes is 1. The lowest BCUT2D eigenvalue weighted by Gasteiger charge is -2.08. The Labute approximate surface area is 59.4 Å². The summed E-state index contributed by atoms with van der Waals surface area (Å²) in [7, 11) is 1.79. The number of aliphatic hydroxyl groups excluding tert-OH is 1. The molecule has 1 aliphatic heterocycles. The lowest BCUT2D eigenvalue weighted by atomic mass is 10.4. The van der Waals surface area contributed by atoms with E-state index in [1.807, 2.05) is 0 Å². The van der Waals surface area contributed by atoms with Crippen LogP contribution < -0.4 is 0 Å². The Bertz CT molecular complexity index is 128. The van der Waals surface area contributed by atoms with Crippen LogP contribution in [0.1, 0.15) is 0 Å². The number of likely N-dealkylation sites (N-methyl/N-ethyl adjacent to an activating group) is 1. The fraction of sp³-hybridized carbons (Fsp3) is 0.833. The second kappa shape index (κ2) is 3.09. The van der Waals surface area contributed by atoms with Gasteiger partial charge >= 0.3 is 0 Å². The van der Waals surface area contributed by atoms with Gasteiger partial charge in [-0.15, -0.1) is 0 Å². The van der Waals surface area contributed by atoms with E-state index in [4.69, 9.17) is 9.84 Å². The van der Waals surface area contributed by atoms with Crippen molar-refractivity contribution in [1.29, 1.82) is 0 Å². The van der Waals surface area contributed by atoms with Crippen molar-refractivity contribution in [1.82, 2.24) is 4.90 Å². The van der Waals surface area contributed by atoms with Crippen LogP contribution in [0.2, 0.25) is 0 Å². The zero-order valence-electron chi connectivity index (χ0n) is 5.86. The van der Waals surface area contributed by atoms with Gasteiger partial charge in [0.1, 0.15) is 0 Å². The molecule has 10 heavy (non-hydrogen) atoms. The number of aliphatic hydroxyl groups is 1. The van der Waals surface area contributed by atoms with Crippen LogP contribution in [0.15, 0.2) is 0 Å². The highest BCUT2D eigenvalue weighted by Crippen LogP contribution is 2.10. The molecule has 0 bridgehead atoms. The molecule has 0 amide bonds. The van der Waals surface area contributed by atoms with Crippen LogP contribution >= 0.6 is 0 Å². The van der Waals surface area contributed by atoms with Crippen LogP contribution in [0, 0.1) is 0 Å². The monoisotopic (exact) mass is 145 g/mol. The predicted octanol–water partition coefficient (Wildman–Crippen LogP) is -1.17. The minimum absolute atomic E-state index is 0.0192. The van der Waals surface area contributed by atoms with Crippen molar-refractivity contribution >= 4 is 6.29 Å². The van der Waals surface area contributed by atoms with Crippen LogP contribution in [0.3, 0.4) is 0 Å². The van der Waals surface area contributed by atoms with Gasteiger partial charge in [0.15, 0.2) is 12.5 Å². The first-order valence-electron chi connectivity index (χ1n) is 3.19. The van der Waals surface area contributed by atoms with Gasteiger partial charge in [0, 0.05) is 6.54 Å². The van der Waals surface area contributed by atoms with Crippen molar-refractivity contribution in [2.75, 3.05) is 20.2 Å². The molecule has 2 atom stereocenters. The summed E-state index contributed by atoms with van der Waals surface area (Å²) >= 11 is 0. The molecule has 2 unspecified atom stereocenters. The molecule has 1 fully saturated rings. The molecule has 0 spiro atoms. The second-order valence-corrected chi connectivity index (χ2v) is 2.41. The number of nitrogens with zero attached hydrogens (tertiary/aromatic N) is 1. The molecule has 0 aromatic carbocycles. The number of carbonyl (C=O) groups excluding carboxylic acids is 1. The summed E-state index contributed by atoms with van der Waals surface area (Å²) in [6, 6.07) is 0. The van der Waals surface area contributed by atoms with Gasteiger partial charge < -0.3 is 9.84 Å². The van der Waals surface area contributed by atoms with E-state index in [1.54, 1.807) is 11.9 Å². The quantitative estimate of drug-likeness (QED) is 0.498. The third-order valence-corrected chi connectivity index (χ3v) is 1.58. The maximum atomic E-state index is 10.2. The van der Waals surface area contributed by atoms with Crippen LogP contribution in [-0.4, -0.2) is 48.8 Å². The first kappa shape index (κ1) is 7.65. The van der Waals surface area contributed by atoms with Gasteiger partial charge in [0.05, 0.1) is 12.7 Å². The van der Waals surface area contributed by atoms with Crippen molar-refractivity contribution in [3.63, 3.8) is 0 Å². The zero-order chi connectivity index (χ0) is 7.56. The summed E-state index contributed by atoms with van der Waals surface area (Å²) in [6.45, 7) is 0.606. The highest BCUT2D eigenvalue weighted by Gasteiger charge is 2.28. The summed E-state index contributed by atoms with van der Waals surface area (Å²) in [5.74, 6) is 0. The van der Waals surface area contributed by atoms with E-state index in [-0.39, 0.29) is 12.7 Å². The Morgan fingerprint density at radius 1 is 1.90 bits per heavy atom. The number of ether oxygens (including phenoxy) is 1. The van der Waals surface area contributed by atoms with Crippen molar-refractivity contribution in [3.8, 4) is 0 Å². The molecule has 1 N–H and O–H groups in total. The third-order valence-electron chi connectivity index (χ3n) is 1.58. The molecule has 0 radical (unpaired) electrons. The molecule has 0 aromatic rings. The Kier molecular flexibility index (Phi) is 2.37. The van der Waals surface area contributed by atoms with Crippen LogP contribution in [0.25, 0.3) is 0 Å². The van der Waals surface area contributed by atoms with Gasteiger partial charge in [0.2, 0.25) is 0 Å². The molecule has 1 rings (SSSR count). The molecular formula is C6H11NO3. The average Bonchev–Trinajstić information content (AvgIpc) is 2.30. The van der Waals surface area contributed by atoms with Gasteiger partial charge in [-0.25, -0.2) is 0 Å². The molecule has 4 heteroatoms. The Morgan fingerprint density at radius 2 is 2.60 bits per heavy atom. The van der Waals surface area contributed by atoms with Crippen molar-refractivity contribution in [2.24, 2.45) is 0 Å². The molecule has 4 nitrogen and oxygen atoms in total. The lowest BCUT2D eigenvalue weighted by Crippen LogP contribution is -2.26. The number of rotatable bonds is 2. The Morgan fingerprint density at radius 3 is 2.90 bits per heavy atom. The molecule has 1 heterocycles. The average molecular weight is 145 g/mol. The number of hydrogen-bond donors (Lipinski definition) is 1. The summed E-state index contributed by atoms with van der Waals surface area (Å²) in [4.78, 5) is 12.0. The molecule has 0 aromatic heterocycles. The van der Waals surface area contributed by atoms with Crippen molar-refractivity contribution in [2.45, 2.75) is 12.3 Å². The van der Waals surface area contributed by atoms with Crippen LogP contribution in [0.4, 0.5) is 0 Å². The molecule has 0 aliphatic carbocycles. The standard InChI is InChI=1S/C6H11NO3/c1-7-2-5(3-8)10-6(7)4-9/h4-6,8H,2-3H2,1H3. The molecule has 1 saturated heterocycles. The van der Waals surface area contributed by atoms with Crippen LogP contribution in [-0.2, 0) is 9.53 Å². The SMILES string of the molecule is CN1CC(CO)OC1C=O. The molecule has 58 valence electrons. The van der Waals surface area contributed by atoms with Gasteiger partial charge in [-0.1, -0.05) is 0 Å². The van der Waals surface area contributed by atoms with Gasteiger partial charge in [0.25, 0.3) is 0 Å². The molecule has 0 saturated carbocycles. The van der Waals surface area contributed by atoms with E-state index in [0.717, 1.165) is 6.29 Å². The normalized spacial score (nSPS) is 34.6. The summed E-state index contributed by atoms with van der Waals surface area (Å²) in [5.41, 5.74) is 0. The first-order valence-corrected chi connectivity index (χ1v) is 3.19. The summed E-state index contributed by atoms with van der Waals surface area (Å²) in [5, 5.41) is 8.63. The molecule has 1 aliphatic rings. The third kappa shape index (κ3) is 1.34. The van der Waals surface area contributed by atoms with Crippen LogP contribution in [0.5, 0.6) is 0 Å². The van der Waals surface area contributed by atoms with E-state index in [1.165, 1.54) is 0 Å². The number of carbonyl (C=O) groups is 1. The van der Waals surface area contributed by atoms with E-state index < -0.39 is 6.23 Å². The molecular weight excluding hydrogens is 134 g/mol. The first-order chi connectivity index (χ1) is 4.77. The maximum absolute atomic E-state index is 10.2. The van der Waals surface area contributed by atoms with Crippen molar-refractivity contribution < 1.29 is 14.6 Å². The highest BCUT2D eigenvalue weighted by molar-refractivity contribution is 5.55. The van der Waals surface area contributed by atoms with Gasteiger partial charge in [-0.05, 0) is 7.05 Å². The lowest BCUT2D eigenvalue weighted by molar-refractivity contribution is -0.123. The summed E-state index contributed by atoms with van der Waals surface area (Å²) < 4.78 is 5.08. The number of hydrogen-bond acceptors (Lipinski definition) is 4. The minimum atomic E-state index is -0.461. The van der Waals surface area contributed by atoms with Crippen molar-refractivity contribution in [3.05, 3.63) is 0 Å². The van der Waals surface area contributed by atoms with E-state index in [2.05, 4.69) is 0 Å². The second-order valence-electron chi connectivity index (χ2n) is 2.41. The topological polar surface area (TPSA) is 49.8 Å². The Hall–Kier alpha value is -0.450. The Balaban J connectivity index is 2.43. The van der Waals surface area contributed by atoms with E-state index in [9.17, 15) is 4.79 Å². The van der Waals surface area contributed by atoms with E-state index in [0.29, 0.717) is 6.54 Å².